The highest BCUT2D eigenvalue weighted by Gasteiger charge is 2.40. The highest BCUT2D eigenvalue weighted by Crippen LogP contribution is 2.19. The van der Waals surface area contributed by atoms with Gasteiger partial charge in [-0.3, -0.25) is 23.4 Å². The Labute approximate surface area is 283 Å². The van der Waals surface area contributed by atoms with Crippen LogP contribution in [0.25, 0.3) is 0 Å². The van der Waals surface area contributed by atoms with Gasteiger partial charge in [0.05, 0.1) is 35.4 Å². The maximum absolute atomic E-state index is 13.7. The number of carbonyl (C=O) groups excluding carboxylic acids is 4. The monoisotopic (exact) mass is 704 g/mol. The molecule has 2 aromatic carbocycles. The van der Waals surface area contributed by atoms with E-state index in [2.05, 4.69) is 20.9 Å². The van der Waals surface area contributed by atoms with E-state index in [-0.39, 0.29) is 29.4 Å². The minimum absolute atomic E-state index is 0.0868. The molecule has 0 aliphatic heterocycles. The highest BCUT2D eigenvalue weighted by molar-refractivity contribution is 7.86. The van der Waals surface area contributed by atoms with E-state index in [1.807, 2.05) is 0 Å². The van der Waals surface area contributed by atoms with Gasteiger partial charge in [0, 0.05) is 14.2 Å². The van der Waals surface area contributed by atoms with E-state index < -0.39 is 64.0 Å². The van der Waals surface area contributed by atoms with Crippen LogP contribution in [0.2, 0.25) is 0 Å². The Balaban J connectivity index is 1.78. The summed E-state index contributed by atoms with van der Waals surface area (Å²) in [4.78, 5) is 57.4. The van der Waals surface area contributed by atoms with Crippen molar-refractivity contribution in [2.45, 2.75) is 55.8 Å². The van der Waals surface area contributed by atoms with Crippen LogP contribution in [0.5, 0.6) is 0 Å². The van der Waals surface area contributed by atoms with E-state index in [4.69, 9.17) is 13.7 Å². The summed E-state index contributed by atoms with van der Waals surface area (Å²) in [5.74, 6) is -3.11. The number of hydrogen-bond acceptors (Lipinski definition) is 12. The van der Waals surface area contributed by atoms with Crippen molar-refractivity contribution in [2.24, 2.45) is 0 Å². The molecule has 0 unspecified atom stereocenters. The summed E-state index contributed by atoms with van der Waals surface area (Å²) in [7, 11) is -1.69. The van der Waals surface area contributed by atoms with Gasteiger partial charge in [-0.1, -0.05) is 48.0 Å². The fourth-order valence-electron chi connectivity index (χ4n) is 4.41. The van der Waals surface area contributed by atoms with Gasteiger partial charge in [0.15, 0.2) is 5.78 Å². The third-order valence-electron chi connectivity index (χ3n) is 7.02. The van der Waals surface area contributed by atoms with Crippen LogP contribution < -0.4 is 16.0 Å². The first kappa shape index (κ1) is 38.4. The number of nitrogens with zero attached hydrogens (tertiary/aromatic N) is 1. The highest BCUT2D eigenvalue weighted by atomic mass is 32.2. The lowest BCUT2D eigenvalue weighted by Gasteiger charge is -2.29. The van der Waals surface area contributed by atoms with Gasteiger partial charge in [-0.15, -0.1) is 11.3 Å². The average Bonchev–Trinajstić information content (AvgIpc) is 3.49. The van der Waals surface area contributed by atoms with Crippen molar-refractivity contribution < 1.29 is 46.4 Å². The van der Waals surface area contributed by atoms with E-state index in [1.54, 1.807) is 56.3 Å². The van der Waals surface area contributed by atoms with E-state index >= 15 is 0 Å². The first-order chi connectivity index (χ1) is 22.7. The van der Waals surface area contributed by atoms with Gasteiger partial charge in [-0.25, -0.2) is 4.98 Å². The molecule has 3 amide bonds. The molecule has 4 N–H and O–H groups in total. The molecule has 4 atom stereocenters. The molecule has 0 radical (unpaired) electrons. The van der Waals surface area contributed by atoms with Gasteiger partial charge in [0.2, 0.25) is 11.8 Å². The molecule has 0 saturated carbocycles. The number of ketones is 1. The van der Waals surface area contributed by atoms with Crippen molar-refractivity contribution >= 4 is 45.0 Å². The van der Waals surface area contributed by atoms with Gasteiger partial charge >= 0.3 is 0 Å². The molecule has 16 heteroatoms. The second-order valence-electron chi connectivity index (χ2n) is 11.2. The Kier molecular flexibility index (Phi) is 13.9. The number of amides is 3. The fourth-order valence-corrected chi connectivity index (χ4v) is 6.08. The Morgan fingerprint density at radius 1 is 0.875 bits per heavy atom. The number of methoxy groups -OCH3 is 2. The van der Waals surface area contributed by atoms with Crippen LogP contribution in [-0.2, 0) is 44.6 Å². The summed E-state index contributed by atoms with van der Waals surface area (Å²) in [6.45, 7) is 3.12. The second-order valence-corrected chi connectivity index (χ2v) is 14.0. The van der Waals surface area contributed by atoms with Gasteiger partial charge in [-0.05, 0) is 44.9 Å². The number of nitrogens with one attached hydrogen (secondary N) is 3. The van der Waals surface area contributed by atoms with Crippen LogP contribution >= 0.6 is 11.3 Å². The fraction of sp³-hybridized carbons (Fsp3) is 0.406. The van der Waals surface area contributed by atoms with Crippen LogP contribution in [0.4, 0.5) is 0 Å². The average molecular weight is 705 g/mol. The van der Waals surface area contributed by atoms with Crippen molar-refractivity contribution in [1.29, 1.82) is 0 Å². The third-order valence-corrected chi connectivity index (χ3v) is 9.21. The molecule has 0 bridgehead atoms. The number of benzene rings is 2. The predicted molar refractivity (Wildman–Crippen MR) is 176 cm³/mol. The quantitative estimate of drug-likeness (QED) is 0.138. The minimum atomic E-state index is -4.33. The van der Waals surface area contributed by atoms with Crippen molar-refractivity contribution in [1.82, 2.24) is 20.9 Å². The van der Waals surface area contributed by atoms with E-state index in [0.717, 1.165) is 23.8 Å². The number of ether oxygens (including phenoxy) is 2. The molecule has 1 heterocycles. The van der Waals surface area contributed by atoms with Gasteiger partial charge in [0.25, 0.3) is 16.0 Å². The van der Waals surface area contributed by atoms with Gasteiger partial charge < -0.3 is 30.5 Å². The molecule has 0 aliphatic rings. The number of aryl methyl sites for hydroxylation is 2. The number of aliphatic hydroxyl groups is 1. The molecule has 0 aliphatic carbocycles. The lowest BCUT2D eigenvalue weighted by Crippen LogP contribution is -2.60. The van der Waals surface area contributed by atoms with Crippen molar-refractivity contribution in [2.75, 3.05) is 34.0 Å². The normalized spacial score (nSPS) is 14.6. The molecular weight excluding hydrogens is 665 g/mol. The number of rotatable bonds is 18. The molecule has 0 spiro atoms. The number of thiazole rings is 1. The zero-order valence-corrected chi connectivity index (χ0v) is 28.9. The zero-order valence-electron chi connectivity index (χ0n) is 27.2. The van der Waals surface area contributed by atoms with Gasteiger partial charge in [0.1, 0.15) is 29.2 Å². The lowest BCUT2D eigenvalue weighted by molar-refractivity contribution is -0.143. The summed E-state index contributed by atoms with van der Waals surface area (Å²) in [5.41, 5.74) is -0.926. The van der Waals surface area contributed by atoms with Crippen LogP contribution in [0, 0.1) is 13.8 Å². The molecule has 48 heavy (non-hydrogen) atoms. The third kappa shape index (κ3) is 11.0. The zero-order chi connectivity index (χ0) is 35.5. The van der Waals surface area contributed by atoms with Crippen molar-refractivity contribution in [3.63, 3.8) is 0 Å². The maximum atomic E-state index is 13.7. The molecule has 3 aromatic rings. The molecule has 1 aromatic heterocycles. The Morgan fingerprint density at radius 2 is 1.44 bits per heavy atom. The van der Waals surface area contributed by atoms with Gasteiger partial charge in [-0.2, -0.15) is 8.42 Å². The number of Topliss-reactive ketones (excluding diaryl/α,β-unsaturated/α-hetero) is 1. The topological polar surface area (TPSA) is 199 Å². The molecule has 3 rings (SSSR count). The van der Waals surface area contributed by atoms with Crippen LogP contribution in [0.15, 0.2) is 65.7 Å². The molecule has 260 valence electrons. The number of aromatic nitrogens is 1. The standard InChI is InChI=1S/C32H40N4O10S2/c1-20-11-13-23(14-12-20)48(42,43)46-19-32(3,41)28(37)24(15-22-9-7-6-8-10-22)34-29(38)25(17-44-4)35-30(39)26(18-45-5)36-31(40)27-16-33-21(2)47-27/h6-14,16,24-26,41H,15,17-19H2,1-5H3,(H,34,38)(H,35,39)(H,36,40)/t24-,25-,26-,32+/m0/s1. The Morgan fingerprint density at radius 3 is 1.98 bits per heavy atom. The molecule has 0 saturated heterocycles. The number of carbonyl (C=O) groups is 4. The smallest absolute Gasteiger partial charge is 0.297 e. The lowest BCUT2D eigenvalue weighted by atomic mass is 9.91. The largest absolute Gasteiger partial charge is 0.382 e. The van der Waals surface area contributed by atoms with Crippen molar-refractivity contribution in [3.8, 4) is 0 Å². The molecule has 14 nitrogen and oxygen atoms in total. The van der Waals surface area contributed by atoms with Crippen LogP contribution in [0.1, 0.15) is 32.7 Å². The van der Waals surface area contributed by atoms with E-state index in [1.165, 1.54) is 32.5 Å². The Bertz CT molecular complexity index is 1660. The number of hydrogen-bond donors (Lipinski definition) is 4. The van der Waals surface area contributed by atoms with Crippen LogP contribution in [-0.4, -0.2) is 99.8 Å². The minimum Gasteiger partial charge on any atom is -0.382 e. The summed E-state index contributed by atoms with van der Waals surface area (Å²) in [6, 6.07) is 10.5. The summed E-state index contributed by atoms with van der Waals surface area (Å²) in [6.07, 6.45) is 1.29. The molecule has 0 fully saturated rings. The summed E-state index contributed by atoms with van der Waals surface area (Å²) in [5, 5.41) is 19.4. The summed E-state index contributed by atoms with van der Waals surface area (Å²) >= 11 is 1.14. The predicted octanol–water partition coefficient (Wildman–Crippen LogP) is 1.09. The van der Waals surface area contributed by atoms with Crippen molar-refractivity contribution in [3.05, 3.63) is 81.8 Å². The van der Waals surface area contributed by atoms with Crippen LogP contribution in [0.3, 0.4) is 0 Å². The maximum Gasteiger partial charge on any atom is 0.297 e. The Hall–Kier alpha value is -4.06. The molecular formula is C32H40N4O10S2. The second kappa shape index (κ2) is 17.4. The first-order valence-electron chi connectivity index (χ1n) is 14.8. The van der Waals surface area contributed by atoms with E-state index in [9.17, 15) is 32.7 Å². The van der Waals surface area contributed by atoms with E-state index in [0.29, 0.717) is 10.6 Å². The SMILES string of the molecule is COC[C@H](NC(=O)c1cnc(C)s1)C(=O)N[C@@H](COC)C(=O)N[C@@H](Cc1ccccc1)C(=O)[C@](C)(O)COS(=O)(=O)c1ccc(C)cc1. The summed E-state index contributed by atoms with van der Waals surface area (Å²) < 4.78 is 40.8. The first-order valence-corrected chi connectivity index (χ1v) is 17.0.